The minimum Gasteiger partial charge on any atom is -0.397 e. The zero-order chi connectivity index (χ0) is 13.1. The summed E-state index contributed by atoms with van der Waals surface area (Å²) in [6.45, 7) is 2.24. The Morgan fingerprint density at radius 3 is 2.61 bits per heavy atom. The van der Waals surface area contributed by atoms with E-state index in [-0.39, 0.29) is 5.02 Å². The molecule has 1 aliphatic carbocycles. The molecule has 0 saturated heterocycles. The highest BCUT2D eigenvalue weighted by atomic mass is 35.5. The van der Waals surface area contributed by atoms with Crippen LogP contribution in [0.2, 0.25) is 5.02 Å². The van der Waals surface area contributed by atoms with Crippen molar-refractivity contribution in [2.24, 2.45) is 5.92 Å². The number of nitrogen functional groups attached to an aromatic ring is 1. The molecule has 0 unspecified atom stereocenters. The van der Waals surface area contributed by atoms with Gasteiger partial charge in [0.1, 0.15) is 5.82 Å². The molecule has 2 nitrogen and oxygen atoms in total. The molecule has 1 saturated carbocycles. The molecule has 0 aliphatic heterocycles. The van der Waals surface area contributed by atoms with Crippen LogP contribution >= 0.6 is 11.6 Å². The van der Waals surface area contributed by atoms with Gasteiger partial charge < -0.3 is 11.1 Å². The van der Waals surface area contributed by atoms with Gasteiger partial charge in [0.15, 0.2) is 0 Å². The summed E-state index contributed by atoms with van der Waals surface area (Å²) in [6, 6.07) is 3.26. The molecule has 1 aromatic carbocycles. The maximum Gasteiger partial charge on any atom is 0.143 e. The van der Waals surface area contributed by atoms with Crippen molar-refractivity contribution < 1.29 is 4.39 Å². The molecule has 3 N–H and O–H groups in total. The number of hydrogen-bond donors (Lipinski definition) is 2. The van der Waals surface area contributed by atoms with Crippen LogP contribution in [0.3, 0.4) is 0 Å². The van der Waals surface area contributed by atoms with Crippen LogP contribution in [-0.2, 0) is 0 Å². The lowest BCUT2D eigenvalue weighted by atomic mass is 9.84. The first-order chi connectivity index (χ1) is 8.60. The second-order valence-corrected chi connectivity index (χ2v) is 5.53. The Morgan fingerprint density at radius 1 is 1.33 bits per heavy atom. The quantitative estimate of drug-likeness (QED) is 0.797. The highest BCUT2D eigenvalue weighted by Gasteiger charge is 2.20. The summed E-state index contributed by atoms with van der Waals surface area (Å²) in [4.78, 5) is 0. The van der Waals surface area contributed by atoms with E-state index < -0.39 is 5.82 Å². The number of nitrogens with one attached hydrogen (secondary N) is 1. The molecule has 1 aromatic rings. The number of rotatable bonds is 3. The summed E-state index contributed by atoms with van der Waals surface area (Å²) in [7, 11) is 0. The van der Waals surface area contributed by atoms with Gasteiger partial charge in [0.2, 0.25) is 0 Å². The summed E-state index contributed by atoms with van der Waals surface area (Å²) in [5.74, 6) is 0.429. The lowest BCUT2D eigenvalue weighted by molar-refractivity contribution is 0.330. The van der Waals surface area contributed by atoms with Gasteiger partial charge in [0, 0.05) is 12.1 Å². The Kier molecular flexibility index (Phi) is 4.33. The third-order valence-corrected chi connectivity index (χ3v) is 4.17. The van der Waals surface area contributed by atoms with Crippen molar-refractivity contribution in [3.05, 3.63) is 23.0 Å². The van der Waals surface area contributed by atoms with Gasteiger partial charge in [-0.05, 0) is 37.7 Å². The summed E-state index contributed by atoms with van der Waals surface area (Å²) >= 11 is 5.68. The second kappa shape index (κ2) is 5.79. The van der Waals surface area contributed by atoms with Gasteiger partial charge in [-0.3, -0.25) is 0 Å². The molecular weight excluding hydrogens is 251 g/mol. The first kappa shape index (κ1) is 13.5. The van der Waals surface area contributed by atoms with E-state index in [0.29, 0.717) is 17.4 Å². The first-order valence-corrected chi connectivity index (χ1v) is 6.99. The monoisotopic (exact) mass is 270 g/mol. The van der Waals surface area contributed by atoms with Gasteiger partial charge in [-0.2, -0.15) is 0 Å². The van der Waals surface area contributed by atoms with Crippen molar-refractivity contribution in [2.45, 2.75) is 45.1 Å². The van der Waals surface area contributed by atoms with Crippen molar-refractivity contribution in [3.63, 3.8) is 0 Å². The van der Waals surface area contributed by atoms with E-state index in [0.717, 1.165) is 18.8 Å². The molecule has 0 atom stereocenters. The molecule has 1 aliphatic rings. The highest BCUT2D eigenvalue weighted by Crippen LogP contribution is 2.31. The Hall–Kier alpha value is -0.960. The molecule has 100 valence electrons. The fraction of sp³-hybridized carbons (Fsp3) is 0.571. The largest absolute Gasteiger partial charge is 0.397 e. The maximum atomic E-state index is 13.4. The van der Waals surface area contributed by atoms with Crippen molar-refractivity contribution in [1.82, 2.24) is 0 Å². The predicted molar refractivity (Wildman–Crippen MR) is 75.5 cm³/mol. The SMILES string of the molecule is CCC1CCC(Nc2cc(F)c(Cl)cc2N)CC1. The van der Waals surface area contributed by atoms with Crippen molar-refractivity contribution in [2.75, 3.05) is 11.1 Å². The zero-order valence-electron chi connectivity index (χ0n) is 10.7. The lowest BCUT2D eigenvalue weighted by Crippen LogP contribution is -2.26. The Balaban J connectivity index is 2.00. The summed E-state index contributed by atoms with van der Waals surface area (Å²) < 4.78 is 13.4. The van der Waals surface area contributed by atoms with Gasteiger partial charge >= 0.3 is 0 Å². The molecule has 1 fully saturated rings. The predicted octanol–water partition coefficient (Wildman–Crippen LogP) is 4.44. The number of nitrogens with two attached hydrogens (primary N) is 1. The maximum absolute atomic E-state index is 13.4. The molecule has 18 heavy (non-hydrogen) atoms. The van der Waals surface area contributed by atoms with E-state index in [4.69, 9.17) is 17.3 Å². The topological polar surface area (TPSA) is 38.0 Å². The second-order valence-electron chi connectivity index (χ2n) is 5.12. The fourth-order valence-electron chi connectivity index (χ4n) is 2.62. The summed E-state index contributed by atoms with van der Waals surface area (Å²) in [5, 5.41) is 3.41. The van der Waals surface area contributed by atoms with Crippen LogP contribution in [0.15, 0.2) is 12.1 Å². The third-order valence-electron chi connectivity index (χ3n) is 3.88. The molecule has 4 heteroatoms. The zero-order valence-corrected chi connectivity index (χ0v) is 11.4. The molecule has 0 amide bonds. The minimum atomic E-state index is -0.421. The number of anilines is 2. The van der Waals surface area contributed by atoms with Crippen molar-refractivity contribution in [3.8, 4) is 0 Å². The van der Waals surface area contributed by atoms with Gasteiger partial charge in [0.05, 0.1) is 16.4 Å². The highest BCUT2D eigenvalue weighted by molar-refractivity contribution is 6.31. The Morgan fingerprint density at radius 2 is 2.00 bits per heavy atom. The van der Waals surface area contributed by atoms with Gasteiger partial charge in [-0.1, -0.05) is 24.9 Å². The normalized spacial score (nSPS) is 23.9. The van der Waals surface area contributed by atoms with Crippen LogP contribution in [0.4, 0.5) is 15.8 Å². The van der Waals surface area contributed by atoms with Crippen molar-refractivity contribution >= 4 is 23.0 Å². The summed E-state index contributed by atoms with van der Waals surface area (Å²) in [5.41, 5.74) is 7.02. The number of halogens is 2. The van der Waals surface area contributed by atoms with E-state index in [1.165, 1.54) is 31.4 Å². The first-order valence-electron chi connectivity index (χ1n) is 6.61. The van der Waals surface area contributed by atoms with Gasteiger partial charge in [-0.25, -0.2) is 4.39 Å². The fourth-order valence-corrected chi connectivity index (χ4v) is 2.79. The average Bonchev–Trinajstić information content (AvgIpc) is 2.37. The van der Waals surface area contributed by atoms with E-state index >= 15 is 0 Å². The van der Waals surface area contributed by atoms with Crippen LogP contribution in [0.1, 0.15) is 39.0 Å². The number of hydrogen-bond acceptors (Lipinski definition) is 2. The van der Waals surface area contributed by atoms with Crippen LogP contribution < -0.4 is 11.1 Å². The van der Waals surface area contributed by atoms with Crippen LogP contribution in [-0.4, -0.2) is 6.04 Å². The molecule has 0 bridgehead atoms. The molecule has 2 rings (SSSR count). The van der Waals surface area contributed by atoms with Gasteiger partial charge in [0.25, 0.3) is 0 Å². The van der Waals surface area contributed by atoms with E-state index in [1.54, 1.807) is 0 Å². The molecule has 0 spiro atoms. The molecule has 0 aromatic heterocycles. The Bertz CT molecular complexity index is 415. The standard InChI is InChI=1S/C14H20ClFN2/c1-2-9-3-5-10(6-4-9)18-14-8-12(16)11(15)7-13(14)17/h7-10,18H,2-6,17H2,1H3. The number of benzene rings is 1. The summed E-state index contributed by atoms with van der Waals surface area (Å²) in [6.07, 6.45) is 5.99. The van der Waals surface area contributed by atoms with Crippen LogP contribution in [0, 0.1) is 11.7 Å². The van der Waals surface area contributed by atoms with Crippen molar-refractivity contribution in [1.29, 1.82) is 0 Å². The van der Waals surface area contributed by atoms with E-state index in [2.05, 4.69) is 12.2 Å². The molecular formula is C14H20ClFN2. The third kappa shape index (κ3) is 3.08. The smallest absolute Gasteiger partial charge is 0.143 e. The molecule has 0 heterocycles. The molecule has 0 radical (unpaired) electrons. The minimum absolute atomic E-state index is 0.0766. The van der Waals surface area contributed by atoms with Crippen LogP contribution in [0.25, 0.3) is 0 Å². The average molecular weight is 271 g/mol. The van der Waals surface area contributed by atoms with E-state index in [9.17, 15) is 4.39 Å². The lowest BCUT2D eigenvalue weighted by Gasteiger charge is -2.29. The Labute approximate surface area is 113 Å². The van der Waals surface area contributed by atoms with Gasteiger partial charge in [-0.15, -0.1) is 0 Å². The van der Waals surface area contributed by atoms with Crippen LogP contribution in [0.5, 0.6) is 0 Å². The van der Waals surface area contributed by atoms with E-state index in [1.807, 2.05) is 0 Å².